The molecule has 0 aliphatic carbocycles. The summed E-state index contributed by atoms with van der Waals surface area (Å²) in [4.78, 5) is 10.2. The van der Waals surface area contributed by atoms with E-state index in [-0.39, 0.29) is 0 Å². The Balaban J connectivity index is 2.08. The molecule has 16 heavy (non-hydrogen) atoms. The maximum absolute atomic E-state index is 4.17. The van der Waals surface area contributed by atoms with Gasteiger partial charge in [0.05, 0.1) is 11.7 Å². The first-order chi connectivity index (χ1) is 7.75. The summed E-state index contributed by atoms with van der Waals surface area (Å²) in [6, 6.07) is 2.74. The molecule has 0 fully saturated rings. The number of fused-ring (bicyclic) bond motifs is 3. The fourth-order valence-electron chi connectivity index (χ4n) is 2.53. The van der Waals surface area contributed by atoms with E-state index in [0.29, 0.717) is 6.04 Å². The summed E-state index contributed by atoms with van der Waals surface area (Å²) in [6.45, 7) is 6.75. The van der Waals surface area contributed by atoms with Crippen LogP contribution in [0.25, 0.3) is 10.9 Å². The van der Waals surface area contributed by atoms with Gasteiger partial charge in [-0.25, -0.2) is 0 Å². The van der Waals surface area contributed by atoms with Crippen LogP contribution < -0.4 is 0 Å². The van der Waals surface area contributed by atoms with Crippen LogP contribution in [0.2, 0.25) is 0 Å². The number of nitrogens with zero attached hydrogens (tertiary/aromatic N) is 2. The Morgan fingerprint density at radius 3 is 3.12 bits per heavy atom. The maximum atomic E-state index is 4.17. The number of hydrogen-bond acceptors (Lipinski definition) is 2. The Morgan fingerprint density at radius 1 is 1.44 bits per heavy atom. The summed E-state index contributed by atoms with van der Waals surface area (Å²) >= 11 is 0. The van der Waals surface area contributed by atoms with Crippen molar-refractivity contribution in [1.29, 1.82) is 0 Å². The molecule has 0 spiro atoms. The van der Waals surface area contributed by atoms with Gasteiger partial charge >= 0.3 is 0 Å². The Labute approximate surface area is 95.5 Å². The van der Waals surface area contributed by atoms with E-state index in [1.165, 1.54) is 22.2 Å². The molecule has 0 aromatic carbocycles. The van der Waals surface area contributed by atoms with Crippen LogP contribution in [0.3, 0.4) is 0 Å². The fourth-order valence-corrected chi connectivity index (χ4v) is 2.53. The molecule has 1 N–H and O–H groups in total. The molecule has 3 rings (SSSR count). The minimum absolute atomic E-state index is 0.625. The van der Waals surface area contributed by atoms with Crippen LogP contribution in [0.4, 0.5) is 0 Å². The van der Waals surface area contributed by atoms with Crippen molar-refractivity contribution in [2.24, 2.45) is 0 Å². The zero-order chi connectivity index (χ0) is 11.1. The van der Waals surface area contributed by atoms with Gasteiger partial charge in [-0.2, -0.15) is 0 Å². The van der Waals surface area contributed by atoms with Crippen LogP contribution in [0.15, 0.2) is 18.5 Å². The first kappa shape index (κ1) is 9.85. The quantitative estimate of drug-likeness (QED) is 0.791. The average Bonchev–Trinajstić information content (AvgIpc) is 2.66. The summed E-state index contributed by atoms with van der Waals surface area (Å²) < 4.78 is 0. The number of nitrogens with one attached hydrogen (secondary N) is 1. The van der Waals surface area contributed by atoms with Crippen LogP contribution in [-0.4, -0.2) is 27.5 Å². The predicted molar refractivity (Wildman–Crippen MR) is 65.3 cm³/mol. The van der Waals surface area contributed by atoms with Gasteiger partial charge in [0, 0.05) is 42.8 Å². The summed E-state index contributed by atoms with van der Waals surface area (Å²) in [5, 5.41) is 1.34. The smallest absolute Gasteiger partial charge is 0.0645 e. The van der Waals surface area contributed by atoms with E-state index >= 15 is 0 Å². The normalized spacial score (nSPS) is 16.9. The van der Waals surface area contributed by atoms with Gasteiger partial charge in [-0.1, -0.05) is 0 Å². The van der Waals surface area contributed by atoms with Gasteiger partial charge in [0.2, 0.25) is 0 Å². The third-order valence-electron chi connectivity index (χ3n) is 3.54. The van der Waals surface area contributed by atoms with Crippen molar-refractivity contribution in [1.82, 2.24) is 14.9 Å². The summed E-state index contributed by atoms with van der Waals surface area (Å²) in [5.74, 6) is 0. The Kier molecular flexibility index (Phi) is 2.21. The lowest BCUT2D eigenvalue weighted by atomic mass is 10.0. The number of H-pyrrole nitrogens is 1. The van der Waals surface area contributed by atoms with Crippen molar-refractivity contribution in [2.75, 3.05) is 6.54 Å². The Hall–Kier alpha value is -1.35. The van der Waals surface area contributed by atoms with Crippen molar-refractivity contribution in [3.8, 4) is 0 Å². The number of pyridine rings is 1. The van der Waals surface area contributed by atoms with Crippen molar-refractivity contribution >= 4 is 10.9 Å². The van der Waals surface area contributed by atoms with Crippen LogP contribution in [0.5, 0.6) is 0 Å². The standard InChI is InChI=1S/C13H17N3/c1-9(2)16-6-4-12-11(8-16)10-3-5-14-7-13(10)15-12/h3,5,7,9,15H,4,6,8H2,1-2H3. The summed E-state index contributed by atoms with van der Waals surface area (Å²) in [6.07, 6.45) is 4.93. The first-order valence-corrected chi connectivity index (χ1v) is 5.93. The fraction of sp³-hybridized carbons (Fsp3) is 0.462. The molecular formula is C13H17N3. The molecule has 0 atom stereocenters. The third-order valence-corrected chi connectivity index (χ3v) is 3.54. The second-order valence-electron chi connectivity index (χ2n) is 4.82. The SMILES string of the molecule is CC(C)N1CCc2[nH]c3cnccc3c2C1. The monoisotopic (exact) mass is 215 g/mol. The molecule has 0 unspecified atom stereocenters. The van der Waals surface area contributed by atoms with Gasteiger partial charge in [-0.15, -0.1) is 0 Å². The average molecular weight is 215 g/mol. The van der Waals surface area contributed by atoms with Gasteiger partial charge in [0.15, 0.2) is 0 Å². The van der Waals surface area contributed by atoms with E-state index in [9.17, 15) is 0 Å². The molecule has 3 nitrogen and oxygen atoms in total. The highest BCUT2D eigenvalue weighted by Gasteiger charge is 2.21. The third kappa shape index (κ3) is 1.43. The number of rotatable bonds is 1. The second kappa shape index (κ2) is 3.59. The Morgan fingerprint density at radius 2 is 2.31 bits per heavy atom. The van der Waals surface area contributed by atoms with Crippen molar-refractivity contribution in [3.63, 3.8) is 0 Å². The molecule has 2 aromatic heterocycles. The van der Waals surface area contributed by atoms with E-state index in [1.807, 2.05) is 12.4 Å². The highest BCUT2D eigenvalue weighted by molar-refractivity contribution is 5.83. The topological polar surface area (TPSA) is 31.9 Å². The molecule has 0 bridgehead atoms. The van der Waals surface area contributed by atoms with Crippen LogP contribution >= 0.6 is 0 Å². The number of aromatic nitrogens is 2. The molecule has 0 amide bonds. The minimum atomic E-state index is 0.625. The van der Waals surface area contributed by atoms with Gasteiger partial charge in [0.1, 0.15) is 0 Å². The number of hydrogen-bond donors (Lipinski definition) is 1. The molecule has 0 saturated heterocycles. The lowest BCUT2D eigenvalue weighted by Gasteiger charge is -2.30. The van der Waals surface area contributed by atoms with E-state index in [4.69, 9.17) is 0 Å². The Bertz CT molecular complexity index is 513. The van der Waals surface area contributed by atoms with Crippen molar-refractivity contribution in [2.45, 2.75) is 32.9 Å². The van der Waals surface area contributed by atoms with E-state index < -0.39 is 0 Å². The molecular weight excluding hydrogens is 198 g/mol. The van der Waals surface area contributed by atoms with Gasteiger partial charge in [-0.05, 0) is 25.5 Å². The molecule has 0 saturated carbocycles. The van der Waals surface area contributed by atoms with Crippen LogP contribution in [0.1, 0.15) is 25.1 Å². The zero-order valence-electron chi connectivity index (χ0n) is 9.83. The van der Waals surface area contributed by atoms with E-state index in [0.717, 1.165) is 19.5 Å². The van der Waals surface area contributed by atoms with Crippen molar-refractivity contribution < 1.29 is 0 Å². The van der Waals surface area contributed by atoms with Crippen LogP contribution in [-0.2, 0) is 13.0 Å². The zero-order valence-corrected chi connectivity index (χ0v) is 9.83. The van der Waals surface area contributed by atoms with Gasteiger partial charge < -0.3 is 4.98 Å². The van der Waals surface area contributed by atoms with Crippen LogP contribution in [0, 0.1) is 0 Å². The highest BCUT2D eigenvalue weighted by atomic mass is 15.2. The maximum Gasteiger partial charge on any atom is 0.0645 e. The molecule has 1 aliphatic heterocycles. The first-order valence-electron chi connectivity index (χ1n) is 5.93. The summed E-state index contributed by atoms with van der Waals surface area (Å²) in [7, 11) is 0. The van der Waals surface area contributed by atoms with Crippen molar-refractivity contribution in [3.05, 3.63) is 29.7 Å². The summed E-state index contributed by atoms with van der Waals surface area (Å²) in [5.41, 5.74) is 4.05. The van der Waals surface area contributed by atoms with Gasteiger partial charge in [0.25, 0.3) is 0 Å². The number of aromatic amines is 1. The van der Waals surface area contributed by atoms with E-state index in [2.05, 4.69) is 34.8 Å². The highest BCUT2D eigenvalue weighted by Crippen LogP contribution is 2.27. The molecule has 1 aliphatic rings. The largest absolute Gasteiger partial charge is 0.357 e. The molecule has 2 aromatic rings. The second-order valence-corrected chi connectivity index (χ2v) is 4.82. The van der Waals surface area contributed by atoms with Gasteiger partial charge in [-0.3, -0.25) is 9.88 Å². The lowest BCUT2D eigenvalue weighted by Crippen LogP contribution is -2.35. The molecule has 0 radical (unpaired) electrons. The minimum Gasteiger partial charge on any atom is -0.357 e. The lowest BCUT2D eigenvalue weighted by molar-refractivity contribution is 0.203. The molecule has 3 heterocycles. The van der Waals surface area contributed by atoms with E-state index in [1.54, 1.807) is 0 Å². The molecule has 84 valence electrons. The molecule has 3 heteroatoms. The predicted octanol–water partition coefficient (Wildman–Crippen LogP) is 2.33.